The molecule has 1 aliphatic heterocycles. The van der Waals surface area contributed by atoms with Gasteiger partial charge in [0, 0.05) is 22.3 Å². The van der Waals surface area contributed by atoms with Crippen molar-refractivity contribution in [2.45, 2.75) is 55.6 Å². The lowest BCUT2D eigenvalue weighted by molar-refractivity contribution is -0.146. The Labute approximate surface area is 250 Å². The highest BCUT2D eigenvalue weighted by Gasteiger charge is 2.25. The van der Waals surface area contributed by atoms with Crippen molar-refractivity contribution >= 4 is 62.5 Å². The first-order valence-corrected chi connectivity index (χ1v) is 17.5. The van der Waals surface area contributed by atoms with E-state index in [0.29, 0.717) is 13.0 Å². The smallest absolute Gasteiger partial charge is 0.310 e. The van der Waals surface area contributed by atoms with Gasteiger partial charge >= 0.3 is 11.9 Å². The predicted molar refractivity (Wildman–Crippen MR) is 169 cm³/mol. The van der Waals surface area contributed by atoms with Crippen LogP contribution in [-0.4, -0.2) is 55.6 Å². The summed E-state index contributed by atoms with van der Waals surface area (Å²) in [5.41, 5.74) is 6.59. The zero-order chi connectivity index (χ0) is 28.2. The Kier molecular flexibility index (Phi) is 12.6. The SMILES string of the molecule is CSc1ccc(/C=C2/C(C)=C(CC(=O)OCCOCCOC(=O)CCCCC3CCSS3)c3ccccc32)cc1. The van der Waals surface area contributed by atoms with Crippen LogP contribution in [0.1, 0.15) is 62.1 Å². The van der Waals surface area contributed by atoms with Gasteiger partial charge in [0.15, 0.2) is 0 Å². The maximum Gasteiger partial charge on any atom is 0.310 e. The van der Waals surface area contributed by atoms with E-state index < -0.39 is 0 Å². The van der Waals surface area contributed by atoms with Gasteiger partial charge in [-0.3, -0.25) is 9.59 Å². The van der Waals surface area contributed by atoms with Gasteiger partial charge in [-0.05, 0) is 84.1 Å². The van der Waals surface area contributed by atoms with E-state index in [2.05, 4.69) is 55.7 Å². The lowest BCUT2D eigenvalue weighted by atomic mass is 10.0. The first kappa shape index (κ1) is 30.8. The molecule has 2 aliphatic rings. The van der Waals surface area contributed by atoms with Gasteiger partial charge in [0.25, 0.3) is 0 Å². The van der Waals surface area contributed by atoms with E-state index in [4.69, 9.17) is 14.2 Å². The number of thioether (sulfide) groups is 1. The molecule has 214 valence electrons. The van der Waals surface area contributed by atoms with Crippen molar-refractivity contribution in [3.8, 4) is 0 Å². The van der Waals surface area contributed by atoms with Gasteiger partial charge in [0.05, 0.1) is 19.6 Å². The number of allylic oxidation sites excluding steroid dienone is 2. The van der Waals surface area contributed by atoms with Crippen molar-refractivity contribution in [1.29, 1.82) is 0 Å². The molecular formula is C32H38O5S3. The van der Waals surface area contributed by atoms with Gasteiger partial charge in [-0.25, -0.2) is 0 Å². The molecule has 2 aromatic carbocycles. The van der Waals surface area contributed by atoms with Crippen molar-refractivity contribution < 1.29 is 23.8 Å². The van der Waals surface area contributed by atoms with Crippen molar-refractivity contribution in [2.24, 2.45) is 0 Å². The molecule has 1 saturated heterocycles. The van der Waals surface area contributed by atoms with Crippen molar-refractivity contribution in [2.75, 3.05) is 38.4 Å². The normalized spacial score (nSPS) is 17.4. The number of benzene rings is 2. The fourth-order valence-corrected chi connectivity index (χ4v) is 8.27. The van der Waals surface area contributed by atoms with Crippen LogP contribution in [0.3, 0.4) is 0 Å². The number of esters is 2. The van der Waals surface area contributed by atoms with Gasteiger partial charge in [0.1, 0.15) is 13.2 Å². The standard InChI is InChI=1S/C32H38O5S3/c1-23-29(21-24-11-13-25(38-2)14-12-24)27-8-4-5-9-28(27)30(23)22-32(34)37-19-17-35-16-18-36-31(33)10-6-3-7-26-15-20-39-40-26/h4-5,8-9,11-14,21,26H,3,6-7,10,15-20,22H2,1-2H3/b29-21-. The summed E-state index contributed by atoms with van der Waals surface area (Å²) in [6.07, 6.45) is 9.34. The number of carbonyl (C=O) groups excluding carboxylic acids is 2. The van der Waals surface area contributed by atoms with E-state index in [1.165, 1.54) is 23.5 Å². The molecule has 0 aromatic heterocycles. The lowest BCUT2D eigenvalue weighted by Crippen LogP contribution is -2.14. The fourth-order valence-electron chi connectivity index (χ4n) is 4.83. The number of hydrogen-bond donors (Lipinski definition) is 0. The highest BCUT2D eigenvalue weighted by atomic mass is 33.1. The number of unbranched alkanes of at least 4 members (excludes halogenated alkanes) is 1. The molecule has 2 aromatic rings. The molecule has 0 bridgehead atoms. The first-order valence-electron chi connectivity index (χ1n) is 13.9. The van der Waals surface area contributed by atoms with Gasteiger partial charge in [-0.15, -0.1) is 11.8 Å². The summed E-state index contributed by atoms with van der Waals surface area (Å²) in [7, 11) is 3.93. The van der Waals surface area contributed by atoms with Crippen molar-refractivity contribution in [3.63, 3.8) is 0 Å². The summed E-state index contributed by atoms with van der Waals surface area (Å²) >= 11 is 1.72. The van der Waals surface area contributed by atoms with Crippen LogP contribution < -0.4 is 0 Å². The minimum absolute atomic E-state index is 0.169. The van der Waals surface area contributed by atoms with E-state index in [9.17, 15) is 9.59 Å². The second kappa shape index (κ2) is 16.3. The maximum absolute atomic E-state index is 12.7. The van der Waals surface area contributed by atoms with Crippen LogP contribution in [0.5, 0.6) is 0 Å². The van der Waals surface area contributed by atoms with E-state index in [0.717, 1.165) is 51.5 Å². The Morgan fingerprint density at radius 1 is 0.950 bits per heavy atom. The van der Waals surface area contributed by atoms with Crippen molar-refractivity contribution in [1.82, 2.24) is 0 Å². The molecule has 1 unspecified atom stereocenters. The van der Waals surface area contributed by atoms with E-state index in [-0.39, 0.29) is 38.2 Å². The Bertz CT molecular complexity index is 1200. The third-order valence-electron chi connectivity index (χ3n) is 7.01. The average Bonchev–Trinajstić information content (AvgIpc) is 3.58. The molecule has 0 saturated carbocycles. The summed E-state index contributed by atoms with van der Waals surface area (Å²) in [5.74, 6) is 0.796. The molecule has 1 aliphatic carbocycles. The summed E-state index contributed by atoms with van der Waals surface area (Å²) in [6, 6.07) is 16.7. The van der Waals surface area contributed by atoms with Crippen LogP contribution in [0.2, 0.25) is 0 Å². The Balaban J connectivity index is 1.15. The van der Waals surface area contributed by atoms with Gasteiger partial charge < -0.3 is 14.2 Å². The minimum atomic E-state index is -0.278. The molecule has 40 heavy (non-hydrogen) atoms. The highest BCUT2D eigenvalue weighted by Crippen LogP contribution is 2.43. The van der Waals surface area contributed by atoms with Crippen LogP contribution in [0.25, 0.3) is 17.2 Å². The average molecular weight is 599 g/mol. The van der Waals surface area contributed by atoms with Crippen LogP contribution >= 0.6 is 33.3 Å². The quantitative estimate of drug-likeness (QED) is 0.0886. The van der Waals surface area contributed by atoms with Crippen LogP contribution in [-0.2, 0) is 23.8 Å². The molecule has 8 heteroatoms. The summed E-state index contributed by atoms with van der Waals surface area (Å²) in [6.45, 7) is 3.03. The summed E-state index contributed by atoms with van der Waals surface area (Å²) in [5, 5.41) is 0.751. The third-order valence-corrected chi connectivity index (χ3v) is 10.8. The number of rotatable bonds is 15. The Morgan fingerprint density at radius 2 is 1.68 bits per heavy atom. The molecule has 0 amide bonds. The molecule has 4 rings (SSSR count). The fraction of sp³-hybridized carbons (Fsp3) is 0.438. The molecule has 1 fully saturated rings. The van der Waals surface area contributed by atoms with Crippen molar-refractivity contribution in [3.05, 3.63) is 70.8 Å². The topological polar surface area (TPSA) is 61.8 Å². The summed E-state index contributed by atoms with van der Waals surface area (Å²) < 4.78 is 16.2. The van der Waals surface area contributed by atoms with E-state index >= 15 is 0 Å². The summed E-state index contributed by atoms with van der Waals surface area (Å²) in [4.78, 5) is 25.8. The van der Waals surface area contributed by atoms with Gasteiger partial charge in [0.2, 0.25) is 0 Å². The molecule has 0 N–H and O–H groups in total. The molecule has 1 atom stereocenters. The minimum Gasteiger partial charge on any atom is -0.463 e. The second-order valence-electron chi connectivity index (χ2n) is 9.79. The number of hydrogen-bond acceptors (Lipinski definition) is 8. The zero-order valence-corrected chi connectivity index (χ0v) is 25.8. The highest BCUT2D eigenvalue weighted by molar-refractivity contribution is 8.77. The van der Waals surface area contributed by atoms with Gasteiger partial charge in [-0.1, -0.05) is 64.4 Å². The largest absolute Gasteiger partial charge is 0.463 e. The zero-order valence-electron chi connectivity index (χ0n) is 23.3. The molecule has 1 heterocycles. The molecule has 5 nitrogen and oxygen atoms in total. The monoisotopic (exact) mass is 598 g/mol. The molecular weight excluding hydrogens is 561 g/mol. The van der Waals surface area contributed by atoms with Crippen LogP contribution in [0.4, 0.5) is 0 Å². The van der Waals surface area contributed by atoms with E-state index in [1.54, 1.807) is 11.8 Å². The number of fused-ring (bicyclic) bond motifs is 1. The molecule has 0 spiro atoms. The van der Waals surface area contributed by atoms with Crippen LogP contribution in [0, 0.1) is 0 Å². The molecule has 0 radical (unpaired) electrons. The lowest BCUT2D eigenvalue weighted by Gasteiger charge is -2.09. The maximum atomic E-state index is 12.7. The van der Waals surface area contributed by atoms with E-state index in [1.807, 2.05) is 33.7 Å². The number of carbonyl (C=O) groups is 2. The Morgan fingerprint density at radius 3 is 2.38 bits per heavy atom. The third kappa shape index (κ3) is 9.20. The van der Waals surface area contributed by atoms with Crippen LogP contribution in [0.15, 0.2) is 59.0 Å². The Hall–Kier alpha value is -2.13. The second-order valence-corrected chi connectivity index (χ2v) is 13.5. The number of ether oxygens (including phenoxy) is 3. The first-order chi connectivity index (χ1) is 19.5. The predicted octanol–water partition coefficient (Wildman–Crippen LogP) is 7.94. The van der Waals surface area contributed by atoms with Gasteiger partial charge in [-0.2, -0.15) is 0 Å².